The predicted octanol–water partition coefficient (Wildman–Crippen LogP) is 3.90. The highest BCUT2D eigenvalue weighted by Crippen LogP contribution is 2.21. The van der Waals surface area contributed by atoms with E-state index in [2.05, 4.69) is 34.7 Å². The molecule has 0 aliphatic rings. The highest BCUT2D eigenvalue weighted by molar-refractivity contribution is 7.17. The van der Waals surface area contributed by atoms with Crippen molar-refractivity contribution in [2.45, 2.75) is 26.2 Å². The Morgan fingerprint density at radius 2 is 2.33 bits per heavy atom. The summed E-state index contributed by atoms with van der Waals surface area (Å²) in [5.41, 5.74) is 2.24. The fourth-order valence-electron chi connectivity index (χ4n) is 1.55. The first kappa shape index (κ1) is 10.4. The third-order valence-corrected chi connectivity index (χ3v) is 3.27. The monoisotopic (exact) mass is 220 g/mol. The van der Waals surface area contributed by atoms with Gasteiger partial charge in [0.2, 0.25) is 0 Å². The van der Waals surface area contributed by atoms with Gasteiger partial charge in [-0.15, -0.1) is 11.3 Å². The zero-order valence-corrected chi connectivity index (χ0v) is 9.81. The number of hydrogen-bond donors (Lipinski definition) is 1. The highest BCUT2D eigenvalue weighted by atomic mass is 32.1. The van der Waals surface area contributed by atoms with Crippen LogP contribution in [0, 0.1) is 0 Å². The van der Waals surface area contributed by atoms with Crippen LogP contribution in [-0.4, -0.2) is 11.5 Å². The lowest BCUT2D eigenvalue weighted by Gasteiger charge is -2.04. The summed E-state index contributed by atoms with van der Waals surface area (Å²) < 4.78 is 1.26. The number of hydrogen-bond acceptors (Lipinski definition) is 3. The predicted molar refractivity (Wildman–Crippen MR) is 67.6 cm³/mol. The van der Waals surface area contributed by atoms with Crippen LogP contribution in [0.1, 0.15) is 26.2 Å². The zero-order chi connectivity index (χ0) is 10.5. The molecule has 1 N–H and O–H groups in total. The van der Waals surface area contributed by atoms with Crippen LogP contribution in [0.3, 0.4) is 0 Å². The number of nitrogens with zero attached hydrogens (tertiary/aromatic N) is 1. The van der Waals surface area contributed by atoms with Gasteiger partial charge in [-0.1, -0.05) is 19.8 Å². The molecule has 2 heterocycles. The minimum Gasteiger partial charge on any atom is -0.384 e. The number of thiophene rings is 1. The Morgan fingerprint density at radius 3 is 3.20 bits per heavy atom. The third kappa shape index (κ3) is 2.69. The summed E-state index contributed by atoms with van der Waals surface area (Å²) in [6.45, 7) is 3.27. The second-order valence-corrected chi connectivity index (χ2v) is 4.61. The van der Waals surface area contributed by atoms with E-state index < -0.39 is 0 Å². The molecule has 0 aliphatic carbocycles. The average molecular weight is 220 g/mol. The number of anilines is 1. The molecule has 2 aromatic heterocycles. The van der Waals surface area contributed by atoms with Gasteiger partial charge in [-0.25, -0.2) is 0 Å². The lowest BCUT2D eigenvalue weighted by molar-refractivity contribution is 0.743. The molecule has 0 atom stereocenters. The Balaban J connectivity index is 1.96. The molecule has 3 heteroatoms. The molecule has 0 unspecified atom stereocenters. The topological polar surface area (TPSA) is 24.9 Å². The molecule has 0 bridgehead atoms. The van der Waals surface area contributed by atoms with Crippen LogP contribution in [0.5, 0.6) is 0 Å². The van der Waals surface area contributed by atoms with Crippen LogP contribution in [0.4, 0.5) is 5.69 Å². The first-order chi connectivity index (χ1) is 7.40. The van der Waals surface area contributed by atoms with Gasteiger partial charge in [0.25, 0.3) is 0 Å². The fraction of sp³-hybridized carbons (Fsp3) is 0.417. The SMILES string of the molecule is CCCCCNc1cnc2ccsc2c1. The molecule has 0 fully saturated rings. The summed E-state index contributed by atoms with van der Waals surface area (Å²) in [7, 11) is 0. The molecule has 0 aliphatic heterocycles. The van der Waals surface area contributed by atoms with Crippen molar-refractivity contribution in [3.05, 3.63) is 23.7 Å². The van der Waals surface area contributed by atoms with Crippen LogP contribution >= 0.6 is 11.3 Å². The molecule has 80 valence electrons. The highest BCUT2D eigenvalue weighted by Gasteiger charge is 1.97. The van der Waals surface area contributed by atoms with Gasteiger partial charge < -0.3 is 5.32 Å². The summed E-state index contributed by atoms with van der Waals surface area (Å²) in [5, 5.41) is 5.49. The van der Waals surface area contributed by atoms with E-state index in [0.29, 0.717) is 0 Å². The van der Waals surface area contributed by atoms with Crippen molar-refractivity contribution in [3.8, 4) is 0 Å². The number of nitrogens with one attached hydrogen (secondary N) is 1. The fourth-order valence-corrected chi connectivity index (χ4v) is 2.33. The Labute approximate surface area is 94.3 Å². The van der Waals surface area contributed by atoms with Crippen molar-refractivity contribution >= 4 is 27.2 Å². The molecule has 0 saturated heterocycles. The summed E-state index contributed by atoms with van der Waals surface area (Å²) in [5.74, 6) is 0. The van der Waals surface area contributed by atoms with Crippen LogP contribution in [0.2, 0.25) is 0 Å². The second kappa shape index (κ2) is 5.12. The summed E-state index contributed by atoms with van der Waals surface area (Å²) in [4.78, 5) is 4.39. The number of fused-ring (bicyclic) bond motifs is 1. The van der Waals surface area contributed by atoms with E-state index in [0.717, 1.165) is 17.7 Å². The van der Waals surface area contributed by atoms with Crippen molar-refractivity contribution < 1.29 is 0 Å². The molecule has 2 aromatic rings. The van der Waals surface area contributed by atoms with Crippen LogP contribution in [0.25, 0.3) is 10.2 Å². The lowest BCUT2D eigenvalue weighted by Crippen LogP contribution is -2.01. The van der Waals surface area contributed by atoms with Gasteiger partial charge >= 0.3 is 0 Å². The van der Waals surface area contributed by atoms with Gasteiger partial charge in [0.15, 0.2) is 0 Å². The second-order valence-electron chi connectivity index (χ2n) is 3.66. The molecular formula is C12H16N2S. The molecule has 0 amide bonds. The maximum atomic E-state index is 4.39. The lowest BCUT2D eigenvalue weighted by atomic mass is 10.2. The van der Waals surface area contributed by atoms with Crippen LogP contribution in [-0.2, 0) is 0 Å². The van der Waals surface area contributed by atoms with Crippen molar-refractivity contribution in [1.29, 1.82) is 0 Å². The maximum Gasteiger partial charge on any atom is 0.0811 e. The van der Waals surface area contributed by atoms with E-state index in [4.69, 9.17) is 0 Å². The Kier molecular flexibility index (Phi) is 3.56. The summed E-state index contributed by atoms with van der Waals surface area (Å²) >= 11 is 1.74. The van der Waals surface area contributed by atoms with Gasteiger partial charge in [-0.05, 0) is 23.9 Å². The van der Waals surface area contributed by atoms with Crippen molar-refractivity contribution in [3.63, 3.8) is 0 Å². The van der Waals surface area contributed by atoms with E-state index in [9.17, 15) is 0 Å². The van der Waals surface area contributed by atoms with Crippen LogP contribution < -0.4 is 5.32 Å². The summed E-state index contributed by atoms with van der Waals surface area (Å²) in [6, 6.07) is 4.24. The quantitative estimate of drug-likeness (QED) is 0.773. The zero-order valence-electron chi connectivity index (χ0n) is 8.99. The van der Waals surface area contributed by atoms with Gasteiger partial charge in [0.1, 0.15) is 0 Å². The Morgan fingerprint density at radius 1 is 1.40 bits per heavy atom. The molecule has 2 nitrogen and oxygen atoms in total. The van der Waals surface area contributed by atoms with Gasteiger partial charge in [0, 0.05) is 6.54 Å². The van der Waals surface area contributed by atoms with E-state index >= 15 is 0 Å². The normalized spacial score (nSPS) is 10.7. The third-order valence-electron chi connectivity index (χ3n) is 2.41. The number of rotatable bonds is 5. The van der Waals surface area contributed by atoms with Gasteiger partial charge in [0.05, 0.1) is 22.1 Å². The van der Waals surface area contributed by atoms with Crippen LogP contribution in [0.15, 0.2) is 23.7 Å². The molecule has 15 heavy (non-hydrogen) atoms. The van der Waals surface area contributed by atoms with Crippen molar-refractivity contribution in [2.75, 3.05) is 11.9 Å². The number of pyridine rings is 1. The summed E-state index contributed by atoms with van der Waals surface area (Å²) in [6.07, 6.45) is 5.71. The molecule has 0 radical (unpaired) electrons. The molecule has 0 spiro atoms. The van der Waals surface area contributed by atoms with E-state index in [-0.39, 0.29) is 0 Å². The minimum absolute atomic E-state index is 1.05. The van der Waals surface area contributed by atoms with Crippen molar-refractivity contribution in [2.24, 2.45) is 0 Å². The standard InChI is InChI=1S/C12H16N2S/c1-2-3-4-6-13-10-8-12-11(14-9-10)5-7-15-12/h5,7-9,13H,2-4,6H2,1H3. The molecule has 2 rings (SSSR count). The van der Waals surface area contributed by atoms with E-state index in [1.54, 1.807) is 11.3 Å². The number of aromatic nitrogens is 1. The van der Waals surface area contributed by atoms with Gasteiger partial charge in [-0.2, -0.15) is 0 Å². The number of unbranched alkanes of at least 4 members (excludes halogenated alkanes) is 2. The van der Waals surface area contributed by atoms with Gasteiger partial charge in [-0.3, -0.25) is 4.98 Å². The Hall–Kier alpha value is -1.09. The molecule has 0 saturated carbocycles. The Bertz CT molecular complexity index is 422. The van der Waals surface area contributed by atoms with Crippen molar-refractivity contribution in [1.82, 2.24) is 4.98 Å². The smallest absolute Gasteiger partial charge is 0.0811 e. The average Bonchev–Trinajstić information content (AvgIpc) is 2.71. The largest absolute Gasteiger partial charge is 0.384 e. The first-order valence-corrected chi connectivity index (χ1v) is 6.35. The van der Waals surface area contributed by atoms with E-state index in [1.807, 2.05) is 6.20 Å². The maximum absolute atomic E-state index is 4.39. The van der Waals surface area contributed by atoms with E-state index in [1.165, 1.54) is 24.0 Å². The molecule has 0 aromatic carbocycles. The minimum atomic E-state index is 1.05. The first-order valence-electron chi connectivity index (χ1n) is 5.47. The molecular weight excluding hydrogens is 204 g/mol.